The first kappa shape index (κ1) is 15.4. The first-order valence-electron chi connectivity index (χ1n) is 5.82. The average molecular weight is 278 g/mol. The predicted octanol–water partition coefficient (Wildman–Crippen LogP) is -0.232. The van der Waals surface area contributed by atoms with E-state index in [1.54, 1.807) is 0 Å². The van der Waals surface area contributed by atoms with E-state index >= 15 is 0 Å². The second-order valence-electron chi connectivity index (χ2n) is 4.03. The van der Waals surface area contributed by atoms with Gasteiger partial charge in [0.2, 0.25) is 5.91 Å². The van der Waals surface area contributed by atoms with Gasteiger partial charge in [-0.25, -0.2) is 0 Å². The molecule has 1 unspecified atom stereocenters. The molecule has 0 radical (unpaired) electrons. The fourth-order valence-corrected chi connectivity index (χ4v) is 1.63. The maximum Gasteiger partial charge on any atom is 0.252 e. The number of nitrogens with two attached hydrogens (primary N) is 1. The summed E-state index contributed by atoms with van der Waals surface area (Å²) >= 11 is 0. The molecule has 0 aromatic heterocycles. The second kappa shape index (κ2) is 7.03. The van der Waals surface area contributed by atoms with E-state index in [1.165, 1.54) is 18.2 Å². The van der Waals surface area contributed by atoms with Gasteiger partial charge in [-0.3, -0.25) is 14.4 Å². The number of carbonyl (C=O) groups is 4. The zero-order valence-corrected chi connectivity index (χ0v) is 10.5. The summed E-state index contributed by atoms with van der Waals surface area (Å²) in [6.45, 7) is 0. The summed E-state index contributed by atoms with van der Waals surface area (Å²) in [6.07, 6.45) is 1.08. The van der Waals surface area contributed by atoms with Gasteiger partial charge in [0.05, 0.1) is 11.1 Å². The minimum Gasteiger partial charge on any atom is -0.507 e. The Hall–Kier alpha value is -2.70. The van der Waals surface area contributed by atoms with Gasteiger partial charge < -0.3 is 21.0 Å². The van der Waals surface area contributed by atoms with Crippen LogP contribution in [0.25, 0.3) is 0 Å². The highest BCUT2D eigenvalue weighted by molar-refractivity contribution is 6.04. The molecule has 0 bridgehead atoms. The van der Waals surface area contributed by atoms with Gasteiger partial charge in [-0.05, 0) is 18.6 Å². The van der Waals surface area contributed by atoms with Crippen molar-refractivity contribution in [3.05, 3.63) is 29.3 Å². The minimum absolute atomic E-state index is 0.0640. The van der Waals surface area contributed by atoms with Crippen molar-refractivity contribution in [2.24, 2.45) is 5.73 Å². The molecular weight excluding hydrogens is 264 g/mol. The standard InChI is InChI=1S/C13H14N2O5/c14-12(19)10(4-2-6-16)15-13(20)8-3-1-5-11(18)9(8)7-17/h1,3,5-7,10,18H,2,4H2,(H2,14,19)(H,15,20). The van der Waals surface area contributed by atoms with Crippen molar-refractivity contribution >= 4 is 24.4 Å². The van der Waals surface area contributed by atoms with Gasteiger partial charge in [-0.1, -0.05) is 6.07 Å². The van der Waals surface area contributed by atoms with Gasteiger partial charge in [0.1, 0.15) is 18.1 Å². The van der Waals surface area contributed by atoms with Gasteiger partial charge in [0, 0.05) is 6.42 Å². The summed E-state index contributed by atoms with van der Waals surface area (Å²) in [5, 5.41) is 11.8. The van der Waals surface area contributed by atoms with E-state index < -0.39 is 17.9 Å². The second-order valence-corrected chi connectivity index (χ2v) is 4.03. The largest absolute Gasteiger partial charge is 0.507 e. The number of hydrogen-bond acceptors (Lipinski definition) is 5. The van der Waals surface area contributed by atoms with Gasteiger partial charge in [0.25, 0.3) is 5.91 Å². The van der Waals surface area contributed by atoms with Crippen LogP contribution in [-0.2, 0) is 9.59 Å². The molecule has 0 spiro atoms. The van der Waals surface area contributed by atoms with Crippen LogP contribution < -0.4 is 11.1 Å². The van der Waals surface area contributed by atoms with E-state index in [2.05, 4.69) is 5.32 Å². The number of primary amides is 1. The highest BCUT2D eigenvalue weighted by Gasteiger charge is 2.21. The highest BCUT2D eigenvalue weighted by atomic mass is 16.3. The SMILES string of the molecule is NC(=O)C(CCC=O)NC(=O)c1cccc(O)c1C=O. The lowest BCUT2D eigenvalue weighted by Gasteiger charge is -2.15. The fraction of sp³-hybridized carbons (Fsp3) is 0.231. The topological polar surface area (TPSA) is 127 Å². The van der Waals surface area contributed by atoms with Crippen molar-refractivity contribution in [3.63, 3.8) is 0 Å². The third-order valence-corrected chi connectivity index (χ3v) is 2.67. The van der Waals surface area contributed by atoms with Crippen molar-refractivity contribution in [1.82, 2.24) is 5.32 Å². The van der Waals surface area contributed by atoms with Gasteiger partial charge in [-0.15, -0.1) is 0 Å². The monoisotopic (exact) mass is 278 g/mol. The van der Waals surface area contributed by atoms with Crippen LogP contribution in [0.15, 0.2) is 18.2 Å². The minimum atomic E-state index is -1.02. The third kappa shape index (κ3) is 3.64. The number of aromatic hydroxyl groups is 1. The van der Waals surface area contributed by atoms with Crippen LogP contribution in [0.2, 0.25) is 0 Å². The molecular formula is C13H14N2O5. The molecule has 1 aromatic carbocycles. The molecule has 106 valence electrons. The summed E-state index contributed by atoms with van der Waals surface area (Å²) in [4.78, 5) is 44.3. The summed E-state index contributed by atoms with van der Waals surface area (Å²) in [7, 11) is 0. The normalized spacial score (nSPS) is 11.4. The van der Waals surface area contributed by atoms with Crippen molar-refractivity contribution in [3.8, 4) is 5.75 Å². The Balaban J connectivity index is 2.94. The summed E-state index contributed by atoms with van der Waals surface area (Å²) in [5.41, 5.74) is 4.87. The van der Waals surface area contributed by atoms with Crippen molar-refractivity contribution in [2.75, 3.05) is 0 Å². The molecule has 7 heteroatoms. The number of hydrogen-bond donors (Lipinski definition) is 3. The molecule has 0 saturated heterocycles. The van der Waals surface area contributed by atoms with Crippen molar-refractivity contribution in [1.29, 1.82) is 0 Å². The van der Waals surface area contributed by atoms with Crippen LogP contribution >= 0.6 is 0 Å². The number of rotatable bonds is 7. The Labute approximate surface area is 114 Å². The van der Waals surface area contributed by atoms with E-state index in [4.69, 9.17) is 5.73 Å². The number of phenolic OH excluding ortho intramolecular Hbond substituents is 1. The number of nitrogens with one attached hydrogen (secondary N) is 1. The molecule has 20 heavy (non-hydrogen) atoms. The summed E-state index contributed by atoms with van der Waals surface area (Å²) in [5.74, 6) is -1.85. The molecule has 1 atom stereocenters. The number of benzene rings is 1. The Morgan fingerprint density at radius 3 is 2.60 bits per heavy atom. The predicted molar refractivity (Wildman–Crippen MR) is 69.2 cm³/mol. The fourth-order valence-electron chi connectivity index (χ4n) is 1.63. The van der Waals surface area contributed by atoms with Crippen LogP contribution in [0.5, 0.6) is 5.75 Å². The van der Waals surface area contributed by atoms with Crippen LogP contribution in [0.4, 0.5) is 0 Å². The van der Waals surface area contributed by atoms with Crippen molar-refractivity contribution < 1.29 is 24.3 Å². The van der Waals surface area contributed by atoms with E-state index in [-0.39, 0.29) is 29.7 Å². The van der Waals surface area contributed by atoms with Gasteiger partial charge in [-0.2, -0.15) is 0 Å². The molecule has 0 saturated carbocycles. The molecule has 4 N–H and O–H groups in total. The lowest BCUT2D eigenvalue weighted by Crippen LogP contribution is -2.44. The molecule has 0 fully saturated rings. The molecule has 0 aliphatic heterocycles. The van der Waals surface area contributed by atoms with Crippen LogP contribution in [0.3, 0.4) is 0 Å². The third-order valence-electron chi connectivity index (χ3n) is 2.67. The molecule has 0 aliphatic rings. The average Bonchev–Trinajstić information content (AvgIpc) is 2.42. The van der Waals surface area contributed by atoms with E-state index in [0.29, 0.717) is 12.6 Å². The van der Waals surface area contributed by atoms with Crippen LogP contribution in [0, 0.1) is 0 Å². The molecule has 1 rings (SSSR count). The quantitative estimate of drug-likeness (QED) is 0.594. The van der Waals surface area contributed by atoms with Crippen molar-refractivity contribution in [2.45, 2.75) is 18.9 Å². The Morgan fingerprint density at radius 1 is 1.35 bits per heavy atom. The molecule has 0 heterocycles. The lowest BCUT2D eigenvalue weighted by molar-refractivity contribution is -0.120. The number of amides is 2. The maximum atomic E-state index is 12.0. The Bertz CT molecular complexity index is 542. The molecule has 0 aliphatic carbocycles. The molecule has 1 aromatic rings. The van der Waals surface area contributed by atoms with Crippen LogP contribution in [-0.4, -0.2) is 35.5 Å². The number of phenols is 1. The summed E-state index contributed by atoms with van der Waals surface area (Å²) < 4.78 is 0. The highest BCUT2D eigenvalue weighted by Crippen LogP contribution is 2.19. The Kier molecular flexibility index (Phi) is 5.40. The summed E-state index contributed by atoms with van der Waals surface area (Å²) in [6, 6.07) is 2.96. The smallest absolute Gasteiger partial charge is 0.252 e. The van der Waals surface area contributed by atoms with E-state index in [0.717, 1.165) is 0 Å². The first-order chi connectivity index (χ1) is 9.51. The lowest BCUT2D eigenvalue weighted by atomic mass is 10.1. The number of aldehydes is 2. The first-order valence-corrected chi connectivity index (χ1v) is 5.82. The maximum absolute atomic E-state index is 12.0. The van der Waals surface area contributed by atoms with E-state index in [1.807, 2.05) is 0 Å². The zero-order valence-electron chi connectivity index (χ0n) is 10.5. The van der Waals surface area contributed by atoms with Crippen LogP contribution in [0.1, 0.15) is 33.6 Å². The van der Waals surface area contributed by atoms with E-state index in [9.17, 15) is 24.3 Å². The molecule has 7 nitrogen and oxygen atoms in total. The zero-order chi connectivity index (χ0) is 15.1. The number of carbonyl (C=O) groups excluding carboxylic acids is 4. The Morgan fingerprint density at radius 2 is 2.05 bits per heavy atom. The van der Waals surface area contributed by atoms with Gasteiger partial charge >= 0.3 is 0 Å². The molecule has 2 amide bonds. The van der Waals surface area contributed by atoms with Gasteiger partial charge in [0.15, 0.2) is 6.29 Å².